The van der Waals surface area contributed by atoms with E-state index >= 15 is 0 Å². The van der Waals surface area contributed by atoms with Crippen LogP contribution >= 0.6 is 0 Å². The lowest BCUT2D eigenvalue weighted by Gasteiger charge is -2.23. The van der Waals surface area contributed by atoms with E-state index in [1.54, 1.807) is 0 Å². The van der Waals surface area contributed by atoms with Crippen molar-refractivity contribution in [3.8, 4) is 0 Å². The second kappa shape index (κ2) is 6.49. The van der Waals surface area contributed by atoms with Gasteiger partial charge in [0.1, 0.15) is 0 Å². The third-order valence-corrected chi connectivity index (χ3v) is 3.18. The highest BCUT2D eigenvalue weighted by atomic mass is 14.9. The molecule has 0 spiro atoms. The summed E-state index contributed by atoms with van der Waals surface area (Å²) in [6.07, 6.45) is 5.41. The second-order valence-electron chi connectivity index (χ2n) is 6.06. The number of hydrogen-bond donors (Lipinski definition) is 2. The Morgan fingerprint density at radius 2 is 2.07 bits per heavy atom. The fourth-order valence-corrected chi connectivity index (χ4v) is 2.06. The van der Waals surface area contributed by atoms with E-state index in [1.165, 1.54) is 51.9 Å². The van der Waals surface area contributed by atoms with Gasteiger partial charge in [-0.2, -0.15) is 0 Å². The average Bonchev–Trinajstić information content (AvgIpc) is 2.17. The number of hydrogen-bond acceptors (Lipinski definition) is 2. The molecule has 1 heterocycles. The molecular weight excluding hydrogens is 184 g/mol. The molecule has 1 fully saturated rings. The Morgan fingerprint density at radius 1 is 1.27 bits per heavy atom. The summed E-state index contributed by atoms with van der Waals surface area (Å²) in [4.78, 5) is 0. The summed E-state index contributed by atoms with van der Waals surface area (Å²) < 4.78 is 0. The fourth-order valence-electron chi connectivity index (χ4n) is 2.06. The van der Waals surface area contributed by atoms with Gasteiger partial charge >= 0.3 is 0 Å². The molecule has 2 N–H and O–H groups in total. The quantitative estimate of drug-likeness (QED) is 0.684. The van der Waals surface area contributed by atoms with E-state index in [-0.39, 0.29) is 0 Å². The highest BCUT2D eigenvalue weighted by Crippen LogP contribution is 2.17. The average molecular weight is 212 g/mol. The molecule has 0 bridgehead atoms. The van der Waals surface area contributed by atoms with Crippen LogP contribution in [0.15, 0.2) is 0 Å². The number of rotatable bonds is 5. The third kappa shape index (κ3) is 6.91. The van der Waals surface area contributed by atoms with E-state index < -0.39 is 0 Å². The lowest BCUT2D eigenvalue weighted by molar-refractivity contribution is 0.337. The normalized spacial score (nSPS) is 23.0. The molecule has 90 valence electrons. The van der Waals surface area contributed by atoms with Gasteiger partial charge < -0.3 is 10.6 Å². The van der Waals surface area contributed by atoms with Crippen molar-refractivity contribution in [1.82, 2.24) is 10.6 Å². The Labute approximate surface area is 95.2 Å². The van der Waals surface area contributed by atoms with Gasteiger partial charge in [0, 0.05) is 0 Å². The molecule has 1 atom stereocenters. The second-order valence-corrected chi connectivity index (χ2v) is 6.06. The SMILES string of the molecule is CC(C)(C)CCNCCC1CCCNC1. The largest absolute Gasteiger partial charge is 0.317 e. The van der Waals surface area contributed by atoms with Gasteiger partial charge in [-0.15, -0.1) is 0 Å². The maximum Gasteiger partial charge on any atom is -0.00200 e. The standard InChI is InChI=1S/C13H28N2/c1-13(2,3)7-10-14-9-6-12-5-4-8-15-11-12/h12,14-15H,4-11H2,1-3H3. The van der Waals surface area contributed by atoms with E-state index in [1.807, 2.05) is 0 Å². The van der Waals surface area contributed by atoms with Crippen LogP contribution in [0.1, 0.15) is 46.5 Å². The molecular formula is C13H28N2. The Hall–Kier alpha value is -0.0800. The maximum atomic E-state index is 3.56. The minimum Gasteiger partial charge on any atom is -0.317 e. The summed E-state index contributed by atoms with van der Waals surface area (Å²) in [5.41, 5.74) is 0.472. The number of nitrogens with one attached hydrogen (secondary N) is 2. The van der Waals surface area contributed by atoms with Crippen LogP contribution in [0.4, 0.5) is 0 Å². The molecule has 1 aliphatic rings. The van der Waals surface area contributed by atoms with Crippen molar-refractivity contribution in [2.75, 3.05) is 26.2 Å². The van der Waals surface area contributed by atoms with Gasteiger partial charge in [-0.25, -0.2) is 0 Å². The van der Waals surface area contributed by atoms with Gasteiger partial charge in [0.25, 0.3) is 0 Å². The highest BCUT2D eigenvalue weighted by Gasteiger charge is 2.12. The Morgan fingerprint density at radius 3 is 2.67 bits per heavy atom. The third-order valence-electron chi connectivity index (χ3n) is 3.18. The van der Waals surface area contributed by atoms with Gasteiger partial charge in [-0.05, 0) is 63.2 Å². The zero-order chi connectivity index (χ0) is 11.1. The smallest absolute Gasteiger partial charge is 0.00200 e. The monoisotopic (exact) mass is 212 g/mol. The van der Waals surface area contributed by atoms with Crippen molar-refractivity contribution in [3.63, 3.8) is 0 Å². The molecule has 0 amide bonds. The van der Waals surface area contributed by atoms with Gasteiger partial charge in [0.2, 0.25) is 0 Å². The lowest BCUT2D eigenvalue weighted by Crippen LogP contribution is -2.32. The molecule has 2 heteroatoms. The van der Waals surface area contributed by atoms with E-state index in [4.69, 9.17) is 0 Å². The molecule has 0 radical (unpaired) electrons. The topological polar surface area (TPSA) is 24.1 Å². The first-order chi connectivity index (χ1) is 7.08. The van der Waals surface area contributed by atoms with Crippen molar-refractivity contribution in [2.24, 2.45) is 11.3 Å². The molecule has 0 aromatic rings. The maximum absolute atomic E-state index is 3.56. The predicted octanol–water partition coefficient (Wildman–Crippen LogP) is 2.40. The van der Waals surface area contributed by atoms with E-state index in [9.17, 15) is 0 Å². The van der Waals surface area contributed by atoms with E-state index in [0.29, 0.717) is 5.41 Å². The highest BCUT2D eigenvalue weighted by molar-refractivity contribution is 4.70. The minimum absolute atomic E-state index is 0.472. The van der Waals surface area contributed by atoms with Crippen LogP contribution in [0.5, 0.6) is 0 Å². The summed E-state index contributed by atoms with van der Waals surface area (Å²) in [5, 5.41) is 7.03. The Balaban J connectivity index is 1.92. The molecule has 0 saturated carbocycles. The van der Waals surface area contributed by atoms with Gasteiger partial charge in [0.15, 0.2) is 0 Å². The van der Waals surface area contributed by atoms with Crippen molar-refractivity contribution in [2.45, 2.75) is 46.5 Å². The van der Waals surface area contributed by atoms with Gasteiger partial charge in [-0.1, -0.05) is 20.8 Å². The van der Waals surface area contributed by atoms with Gasteiger partial charge in [-0.3, -0.25) is 0 Å². The molecule has 2 nitrogen and oxygen atoms in total. The Bertz CT molecular complexity index is 154. The molecule has 1 rings (SSSR count). The molecule has 0 aromatic heterocycles. The summed E-state index contributed by atoms with van der Waals surface area (Å²) in [7, 11) is 0. The molecule has 15 heavy (non-hydrogen) atoms. The van der Waals surface area contributed by atoms with E-state index in [0.717, 1.165) is 5.92 Å². The molecule has 0 aliphatic carbocycles. The van der Waals surface area contributed by atoms with Crippen LogP contribution in [0.2, 0.25) is 0 Å². The summed E-state index contributed by atoms with van der Waals surface area (Å²) in [6, 6.07) is 0. The van der Waals surface area contributed by atoms with Crippen molar-refractivity contribution < 1.29 is 0 Å². The van der Waals surface area contributed by atoms with Crippen LogP contribution in [-0.4, -0.2) is 26.2 Å². The van der Waals surface area contributed by atoms with Crippen LogP contribution in [0.25, 0.3) is 0 Å². The molecule has 1 saturated heterocycles. The summed E-state index contributed by atoms with van der Waals surface area (Å²) in [6.45, 7) is 11.8. The van der Waals surface area contributed by atoms with Gasteiger partial charge in [0.05, 0.1) is 0 Å². The summed E-state index contributed by atoms with van der Waals surface area (Å²) >= 11 is 0. The molecule has 1 unspecified atom stereocenters. The van der Waals surface area contributed by atoms with Crippen LogP contribution < -0.4 is 10.6 Å². The van der Waals surface area contributed by atoms with Crippen molar-refractivity contribution in [1.29, 1.82) is 0 Å². The first-order valence-electron chi connectivity index (χ1n) is 6.49. The van der Waals surface area contributed by atoms with Crippen molar-refractivity contribution in [3.05, 3.63) is 0 Å². The van der Waals surface area contributed by atoms with E-state index in [2.05, 4.69) is 31.4 Å². The summed E-state index contributed by atoms with van der Waals surface area (Å²) in [5.74, 6) is 0.917. The van der Waals surface area contributed by atoms with Crippen LogP contribution in [0, 0.1) is 11.3 Å². The minimum atomic E-state index is 0.472. The van der Waals surface area contributed by atoms with Crippen LogP contribution in [0.3, 0.4) is 0 Å². The first kappa shape index (κ1) is 13.0. The Kier molecular flexibility index (Phi) is 5.62. The lowest BCUT2D eigenvalue weighted by atomic mass is 9.92. The predicted molar refractivity (Wildman–Crippen MR) is 67.2 cm³/mol. The molecule has 1 aliphatic heterocycles. The zero-order valence-corrected chi connectivity index (χ0v) is 10.7. The molecule has 0 aromatic carbocycles. The zero-order valence-electron chi connectivity index (χ0n) is 10.7. The first-order valence-corrected chi connectivity index (χ1v) is 6.49. The van der Waals surface area contributed by atoms with Crippen molar-refractivity contribution >= 4 is 0 Å². The number of piperidine rings is 1. The van der Waals surface area contributed by atoms with Crippen LogP contribution in [-0.2, 0) is 0 Å². The fraction of sp³-hybridized carbons (Fsp3) is 1.00.